The van der Waals surface area contributed by atoms with E-state index in [1.54, 1.807) is 6.92 Å². The first-order valence-electron chi connectivity index (χ1n) is 11.0. The van der Waals surface area contributed by atoms with E-state index >= 15 is 0 Å². The molecule has 0 N–H and O–H groups in total. The maximum absolute atomic E-state index is 12.8. The molecule has 3 fully saturated rings. The Labute approximate surface area is 174 Å². The summed E-state index contributed by atoms with van der Waals surface area (Å²) in [6.07, 6.45) is 7.72. The summed E-state index contributed by atoms with van der Waals surface area (Å²) in [5, 5.41) is 0. The van der Waals surface area contributed by atoms with Gasteiger partial charge in [-0.2, -0.15) is 0 Å². The quantitative estimate of drug-likeness (QED) is 0.787. The van der Waals surface area contributed by atoms with Gasteiger partial charge in [0, 0.05) is 45.2 Å². The smallest absolute Gasteiger partial charge is 0.236 e. The number of piperazine rings is 1. The molecular weight excluding hydrogens is 362 g/mol. The van der Waals surface area contributed by atoms with Crippen molar-refractivity contribution in [1.82, 2.24) is 14.7 Å². The highest BCUT2D eigenvalue weighted by atomic mass is 16.2. The van der Waals surface area contributed by atoms with Gasteiger partial charge in [0.05, 0.1) is 6.54 Å². The fourth-order valence-electron chi connectivity index (χ4n) is 5.27. The van der Waals surface area contributed by atoms with Crippen LogP contribution in [0.25, 0.3) is 6.08 Å². The minimum absolute atomic E-state index is 0.166. The van der Waals surface area contributed by atoms with Crippen LogP contribution in [-0.2, 0) is 9.59 Å². The molecule has 2 amide bonds. The Kier molecular flexibility index (Phi) is 5.77. The second-order valence-electron chi connectivity index (χ2n) is 9.03. The number of rotatable bonds is 4. The summed E-state index contributed by atoms with van der Waals surface area (Å²) in [4.78, 5) is 30.8. The molecule has 5 heteroatoms. The van der Waals surface area contributed by atoms with Crippen LogP contribution in [0.15, 0.2) is 24.3 Å². The highest BCUT2D eigenvalue weighted by Crippen LogP contribution is 2.31. The molecule has 0 spiro atoms. The fraction of sp³-hybridized carbons (Fsp3) is 0.583. The van der Waals surface area contributed by atoms with E-state index in [1.807, 2.05) is 9.80 Å². The lowest BCUT2D eigenvalue weighted by molar-refractivity contribution is -0.135. The molecule has 29 heavy (non-hydrogen) atoms. The van der Waals surface area contributed by atoms with Gasteiger partial charge in [-0.25, -0.2) is 0 Å². The molecule has 0 radical (unpaired) electrons. The Morgan fingerprint density at radius 1 is 1.07 bits per heavy atom. The molecule has 4 rings (SSSR count). The van der Waals surface area contributed by atoms with Crippen LogP contribution in [0.3, 0.4) is 0 Å². The molecule has 0 unspecified atom stereocenters. The van der Waals surface area contributed by atoms with E-state index in [0.29, 0.717) is 24.5 Å². The Morgan fingerprint density at radius 3 is 2.34 bits per heavy atom. The highest BCUT2D eigenvalue weighted by molar-refractivity contribution is 5.79. The van der Waals surface area contributed by atoms with Gasteiger partial charge in [0.25, 0.3) is 0 Å². The average molecular weight is 396 g/mol. The summed E-state index contributed by atoms with van der Waals surface area (Å²) in [5.41, 5.74) is 3.96. The summed E-state index contributed by atoms with van der Waals surface area (Å²) >= 11 is 0. The van der Waals surface area contributed by atoms with Crippen molar-refractivity contribution < 1.29 is 9.59 Å². The number of aryl methyl sites for hydroxylation is 2. The van der Waals surface area contributed by atoms with Crippen molar-refractivity contribution >= 4 is 17.9 Å². The van der Waals surface area contributed by atoms with Gasteiger partial charge in [-0.3, -0.25) is 14.5 Å². The number of hydrogen-bond donors (Lipinski definition) is 0. The van der Waals surface area contributed by atoms with Gasteiger partial charge in [0.15, 0.2) is 0 Å². The molecule has 2 bridgehead atoms. The van der Waals surface area contributed by atoms with Gasteiger partial charge >= 0.3 is 0 Å². The Morgan fingerprint density at radius 2 is 1.76 bits per heavy atom. The molecule has 1 aromatic rings. The molecule has 3 aliphatic rings. The summed E-state index contributed by atoms with van der Waals surface area (Å²) in [6.45, 7) is 9.82. The second-order valence-corrected chi connectivity index (χ2v) is 9.03. The number of amides is 2. The Hall–Kier alpha value is -2.14. The molecular formula is C24H33N3O2. The summed E-state index contributed by atoms with van der Waals surface area (Å²) in [7, 11) is 0. The molecule has 2 atom stereocenters. The summed E-state index contributed by atoms with van der Waals surface area (Å²) in [6, 6.07) is 7.11. The molecule has 0 aliphatic carbocycles. The number of nitrogens with zero attached hydrogens (tertiary/aromatic N) is 3. The molecule has 3 saturated heterocycles. The van der Waals surface area contributed by atoms with Crippen molar-refractivity contribution in [3.8, 4) is 0 Å². The van der Waals surface area contributed by atoms with Crippen LogP contribution in [0, 0.1) is 19.8 Å². The molecule has 1 aromatic carbocycles. The first-order chi connectivity index (χ1) is 13.9. The second kappa shape index (κ2) is 8.31. The van der Waals surface area contributed by atoms with Crippen molar-refractivity contribution in [2.45, 2.75) is 52.1 Å². The average Bonchev–Trinajstić information content (AvgIpc) is 3.28. The lowest BCUT2D eigenvalue weighted by atomic mass is 9.94. The number of carbonyl (C=O) groups is 2. The lowest BCUT2D eigenvalue weighted by Gasteiger charge is -2.36. The highest BCUT2D eigenvalue weighted by Gasteiger charge is 2.44. The molecule has 0 aromatic heterocycles. The van der Waals surface area contributed by atoms with Crippen LogP contribution in [0.1, 0.15) is 42.9 Å². The van der Waals surface area contributed by atoms with Gasteiger partial charge in [0.1, 0.15) is 0 Å². The van der Waals surface area contributed by atoms with E-state index in [9.17, 15) is 9.59 Å². The number of allylic oxidation sites excluding steroid dienone is 1. The third-order valence-corrected chi connectivity index (χ3v) is 7.07. The van der Waals surface area contributed by atoms with E-state index < -0.39 is 0 Å². The predicted octanol–water partition coefficient (Wildman–Crippen LogP) is 2.86. The van der Waals surface area contributed by atoms with Crippen molar-refractivity contribution in [1.29, 1.82) is 0 Å². The summed E-state index contributed by atoms with van der Waals surface area (Å²) in [5.74, 6) is 0.966. The van der Waals surface area contributed by atoms with Crippen LogP contribution >= 0.6 is 0 Å². The van der Waals surface area contributed by atoms with Gasteiger partial charge in [0.2, 0.25) is 11.8 Å². The van der Waals surface area contributed by atoms with Crippen molar-refractivity contribution in [2.24, 2.45) is 5.92 Å². The van der Waals surface area contributed by atoms with Crippen molar-refractivity contribution in [3.05, 3.63) is 41.0 Å². The van der Waals surface area contributed by atoms with Crippen LogP contribution in [0.4, 0.5) is 0 Å². The SMILES string of the molecule is CC(=O)N1C[C@H]2C[C@@H]1CN2CC(=O)N1CCC(/C=C/c2c(C)cccc2C)CC1. The Balaban J connectivity index is 1.25. The van der Waals surface area contributed by atoms with Gasteiger partial charge < -0.3 is 9.80 Å². The van der Waals surface area contributed by atoms with E-state index in [2.05, 4.69) is 49.1 Å². The van der Waals surface area contributed by atoms with Crippen LogP contribution in [-0.4, -0.2) is 71.3 Å². The third kappa shape index (κ3) is 4.25. The standard InChI is InChI=1S/C24H33N3O2/c1-17-5-4-6-18(2)23(17)8-7-20-9-11-25(12-10-20)24(29)16-26-14-22-13-21(26)15-27(22)19(3)28/h4-8,20-22H,9-16H2,1-3H3/b8-7+/t21-,22-/m1/s1. The number of likely N-dealkylation sites (tertiary alicyclic amines) is 3. The molecule has 0 saturated carbocycles. The molecule has 5 nitrogen and oxygen atoms in total. The largest absolute Gasteiger partial charge is 0.342 e. The number of fused-ring (bicyclic) bond motifs is 2. The first-order valence-corrected chi connectivity index (χ1v) is 11.0. The Bertz CT molecular complexity index is 790. The van der Waals surface area contributed by atoms with Crippen LogP contribution in [0.2, 0.25) is 0 Å². The monoisotopic (exact) mass is 395 g/mol. The normalized spacial score (nSPS) is 25.3. The number of hydrogen-bond acceptors (Lipinski definition) is 3. The number of piperidine rings is 1. The van der Waals surface area contributed by atoms with E-state index in [1.165, 1.54) is 16.7 Å². The van der Waals surface area contributed by atoms with E-state index in [-0.39, 0.29) is 11.8 Å². The third-order valence-electron chi connectivity index (χ3n) is 7.07. The maximum Gasteiger partial charge on any atom is 0.236 e. The lowest BCUT2D eigenvalue weighted by Crippen LogP contribution is -2.51. The first kappa shape index (κ1) is 20.1. The van der Waals surface area contributed by atoms with Gasteiger partial charge in [-0.05, 0) is 55.7 Å². The fourth-order valence-corrected chi connectivity index (χ4v) is 5.27. The molecule has 156 valence electrons. The number of carbonyl (C=O) groups excluding carboxylic acids is 2. The minimum Gasteiger partial charge on any atom is -0.342 e. The van der Waals surface area contributed by atoms with Gasteiger partial charge in [-0.15, -0.1) is 0 Å². The van der Waals surface area contributed by atoms with Crippen molar-refractivity contribution in [2.75, 3.05) is 32.7 Å². The van der Waals surface area contributed by atoms with Crippen LogP contribution < -0.4 is 0 Å². The van der Waals surface area contributed by atoms with Crippen molar-refractivity contribution in [3.63, 3.8) is 0 Å². The number of benzene rings is 1. The summed E-state index contributed by atoms with van der Waals surface area (Å²) < 4.78 is 0. The topological polar surface area (TPSA) is 43.9 Å². The molecule has 3 heterocycles. The zero-order valence-electron chi connectivity index (χ0n) is 17.9. The van der Waals surface area contributed by atoms with E-state index in [0.717, 1.165) is 45.4 Å². The zero-order valence-corrected chi connectivity index (χ0v) is 17.9. The maximum atomic E-state index is 12.8. The minimum atomic E-state index is 0.166. The van der Waals surface area contributed by atoms with E-state index in [4.69, 9.17) is 0 Å². The predicted molar refractivity (Wildman–Crippen MR) is 115 cm³/mol. The molecule has 3 aliphatic heterocycles. The van der Waals surface area contributed by atoms with Crippen LogP contribution in [0.5, 0.6) is 0 Å². The van der Waals surface area contributed by atoms with Gasteiger partial charge in [-0.1, -0.05) is 30.4 Å². The zero-order chi connectivity index (χ0) is 20.5.